The lowest BCUT2D eigenvalue weighted by Crippen LogP contribution is -1.98. The third-order valence-corrected chi connectivity index (χ3v) is 2.45. The molecule has 5 heteroatoms. The molecule has 0 aliphatic rings. The molecule has 0 atom stereocenters. The molecule has 2 aromatic rings. The Morgan fingerprint density at radius 3 is 2.35 bits per heavy atom. The van der Waals surface area contributed by atoms with Gasteiger partial charge in [0.2, 0.25) is 0 Å². The van der Waals surface area contributed by atoms with Crippen LogP contribution in [-0.4, -0.2) is 0 Å². The number of anilines is 3. The Morgan fingerprint density at radius 1 is 1.00 bits per heavy atom. The third kappa shape index (κ3) is 2.65. The van der Waals surface area contributed by atoms with E-state index in [2.05, 4.69) is 5.32 Å². The third-order valence-electron chi connectivity index (χ3n) is 2.21. The zero-order valence-electron chi connectivity index (χ0n) is 8.68. The van der Waals surface area contributed by atoms with Crippen LogP contribution in [0.15, 0.2) is 36.4 Å². The summed E-state index contributed by atoms with van der Waals surface area (Å²) in [6, 6.07) is 8.07. The average molecular weight is 255 g/mol. The first kappa shape index (κ1) is 11.7. The summed E-state index contributed by atoms with van der Waals surface area (Å²) in [7, 11) is 0. The smallest absolute Gasteiger partial charge is 0.149 e. The predicted octanol–water partition coefficient (Wildman–Crippen LogP) is 3.94. The van der Waals surface area contributed by atoms with Crippen molar-refractivity contribution in [3.63, 3.8) is 0 Å². The van der Waals surface area contributed by atoms with Gasteiger partial charge in [0.1, 0.15) is 11.6 Å². The summed E-state index contributed by atoms with van der Waals surface area (Å²) in [5.41, 5.74) is 6.76. The van der Waals surface area contributed by atoms with Gasteiger partial charge in [-0.3, -0.25) is 0 Å². The molecule has 0 aliphatic heterocycles. The van der Waals surface area contributed by atoms with Crippen molar-refractivity contribution in [2.24, 2.45) is 0 Å². The number of hydrogen-bond acceptors (Lipinski definition) is 2. The van der Waals surface area contributed by atoms with Gasteiger partial charge >= 0.3 is 0 Å². The molecule has 2 aromatic carbocycles. The van der Waals surface area contributed by atoms with E-state index < -0.39 is 11.6 Å². The molecule has 0 bridgehead atoms. The minimum atomic E-state index is -0.681. The molecule has 17 heavy (non-hydrogen) atoms. The SMILES string of the molecule is Nc1cc(Cl)ccc1Nc1ccc(F)cc1F. The molecule has 0 heterocycles. The zero-order chi connectivity index (χ0) is 12.4. The second-order valence-electron chi connectivity index (χ2n) is 3.48. The molecule has 0 aliphatic carbocycles. The zero-order valence-corrected chi connectivity index (χ0v) is 9.43. The molecule has 0 saturated carbocycles. The summed E-state index contributed by atoms with van der Waals surface area (Å²) >= 11 is 5.74. The maximum atomic E-state index is 13.4. The minimum absolute atomic E-state index is 0.153. The highest BCUT2D eigenvalue weighted by Crippen LogP contribution is 2.27. The fourth-order valence-corrected chi connectivity index (χ4v) is 1.56. The summed E-state index contributed by atoms with van der Waals surface area (Å²) in [6.07, 6.45) is 0. The van der Waals surface area contributed by atoms with E-state index in [1.807, 2.05) is 0 Å². The van der Waals surface area contributed by atoms with Crippen LogP contribution in [0.5, 0.6) is 0 Å². The van der Waals surface area contributed by atoms with Gasteiger partial charge in [0.25, 0.3) is 0 Å². The number of rotatable bonds is 2. The molecule has 0 amide bonds. The highest BCUT2D eigenvalue weighted by Gasteiger charge is 2.06. The minimum Gasteiger partial charge on any atom is -0.397 e. The fraction of sp³-hybridized carbons (Fsp3) is 0. The van der Waals surface area contributed by atoms with Gasteiger partial charge in [-0.1, -0.05) is 11.6 Å². The first-order chi connectivity index (χ1) is 8.06. The second kappa shape index (κ2) is 4.59. The molecule has 3 N–H and O–H groups in total. The Hall–Kier alpha value is -1.81. The van der Waals surface area contributed by atoms with Crippen molar-refractivity contribution in [2.45, 2.75) is 0 Å². The molecular weight excluding hydrogens is 246 g/mol. The van der Waals surface area contributed by atoms with E-state index in [1.54, 1.807) is 18.2 Å². The lowest BCUT2D eigenvalue weighted by Gasteiger charge is -2.10. The van der Waals surface area contributed by atoms with E-state index in [1.165, 1.54) is 6.07 Å². The number of halogens is 3. The van der Waals surface area contributed by atoms with Gasteiger partial charge in [-0.15, -0.1) is 0 Å². The topological polar surface area (TPSA) is 38.0 Å². The van der Waals surface area contributed by atoms with Crippen LogP contribution in [0.1, 0.15) is 0 Å². The van der Waals surface area contributed by atoms with Crippen molar-refractivity contribution in [3.05, 3.63) is 53.1 Å². The Morgan fingerprint density at radius 2 is 1.71 bits per heavy atom. The van der Waals surface area contributed by atoms with E-state index in [0.717, 1.165) is 12.1 Å². The first-order valence-electron chi connectivity index (χ1n) is 4.83. The molecule has 88 valence electrons. The van der Waals surface area contributed by atoms with Crippen LogP contribution in [0.25, 0.3) is 0 Å². The number of benzene rings is 2. The van der Waals surface area contributed by atoms with E-state index >= 15 is 0 Å². The highest BCUT2D eigenvalue weighted by atomic mass is 35.5. The number of nitrogens with one attached hydrogen (secondary N) is 1. The summed E-state index contributed by atoms with van der Waals surface area (Å²) < 4.78 is 26.1. The van der Waals surface area contributed by atoms with Crippen molar-refractivity contribution in [1.82, 2.24) is 0 Å². The fourth-order valence-electron chi connectivity index (χ4n) is 1.38. The Labute approximate surface area is 102 Å². The maximum absolute atomic E-state index is 13.4. The molecular formula is C12H9ClF2N2. The largest absolute Gasteiger partial charge is 0.397 e. The standard InChI is InChI=1S/C12H9ClF2N2/c13-7-1-3-12(10(16)5-7)17-11-4-2-8(14)6-9(11)15/h1-6,17H,16H2. The van der Waals surface area contributed by atoms with Crippen LogP contribution in [0.4, 0.5) is 25.8 Å². The van der Waals surface area contributed by atoms with E-state index in [-0.39, 0.29) is 5.69 Å². The lowest BCUT2D eigenvalue weighted by molar-refractivity contribution is 0.586. The predicted molar refractivity (Wildman–Crippen MR) is 65.5 cm³/mol. The van der Waals surface area contributed by atoms with E-state index in [4.69, 9.17) is 17.3 Å². The Bertz CT molecular complexity index is 509. The van der Waals surface area contributed by atoms with E-state index in [0.29, 0.717) is 16.4 Å². The monoisotopic (exact) mass is 254 g/mol. The summed E-state index contributed by atoms with van der Waals surface area (Å²) in [5, 5.41) is 3.26. The normalized spacial score (nSPS) is 10.3. The Kier molecular flexibility index (Phi) is 3.15. The van der Waals surface area contributed by atoms with Gasteiger partial charge < -0.3 is 11.1 Å². The molecule has 0 fully saturated rings. The van der Waals surface area contributed by atoms with Crippen molar-refractivity contribution in [2.75, 3.05) is 11.1 Å². The maximum Gasteiger partial charge on any atom is 0.149 e. The molecule has 0 radical (unpaired) electrons. The van der Waals surface area contributed by atoms with Crippen LogP contribution in [0.2, 0.25) is 5.02 Å². The number of nitrogens with two attached hydrogens (primary N) is 1. The van der Waals surface area contributed by atoms with Crippen molar-refractivity contribution < 1.29 is 8.78 Å². The number of nitrogen functional groups attached to an aromatic ring is 1. The lowest BCUT2D eigenvalue weighted by atomic mass is 10.2. The van der Waals surface area contributed by atoms with Crippen LogP contribution in [0.3, 0.4) is 0 Å². The average Bonchev–Trinajstić information content (AvgIpc) is 2.25. The quantitative estimate of drug-likeness (QED) is 0.797. The van der Waals surface area contributed by atoms with Gasteiger partial charge in [-0.05, 0) is 30.3 Å². The van der Waals surface area contributed by atoms with Crippen molar-refractivity contribution >= 4 is 28.7 Å². The second-order valence-corrected chi connectivity index (χ2v) is 3.92. The molecule has 0 saturated heterocycles. The van der Waals surface area contributed by atoms with Gasteiger partial charge in [-0.2, -0.15) is 0 Å². The van der Waals surface area contributed by atoms with Gasteiger partial charge in [-0.25, -0.2) is 8.78 Å². The highest BCUT2D eigenvalue weighted by molar-refractivity contribution is 6.31. The molecule has 0 spiro atoms. The molecule has 2 nitrogen and oxygen atoms in total. The van der Waals surface area contributed by atoms with Crippen molar-refractivity contribution in [3.8, 4) is 0 Å². The van der Waals surface area contributed by atoms with Crippen LogP contribution < -0.4 is 11.1 Å². The number of hydrogen-bond donors (Lipinski definition) is 2. The van der Waals surface area contributed by atoms with Gasteiger partial charge in [0, 0.05) is 11.1 Å². The summed E-state index contributed by atoms with van der Waals surface area (Å²) in [6.45, 7) is 0. The van der Waals surface area contributed by atoms with Crippen LogP contribution in [0, 0.1) is 11.6 Å². The molecule has 2 rings (SSSR count). The molecule has 0 unspecified atom stereocenters. The van der Waals surface area contributed by atoms with Gasteiger partial charge in [0.05, 0.1) is 17.1 Å². The van der Waals surface area contributed by atoms with Gasteiger partial charge in [0.15, 0.2) is 0 Å². The van der Waals surface area contributed by atoms with Crippen LogP contribution >= 0.6 is 11.6 Å². The van der Waals surface area contributed by atoms with E-state index in [9.17, 15) is 8.78 Å². The van der Waals surface area contributed by atoms with Crippen LogP contribution in [-0.2, 0) is 0 Å². The summed E-state index contributed by atoms with van der Waals surface area (Å²) in [4.78, 5) is 0. The van der Waals surface area contributed by atoms with Crippen molar-refractivity contribution in [1.29, 1.82) is 0 Å². The Balaban J connectivity index is 2.31. The summed E-state index contributed by atoms with van der Waals surface area (Å²) in [5.74, 6) is -1.31. The molecule has 0 aromatic heterocycles. The first-order valence-corrected chi connectivity index (χ1v) is 5.21.